The van der Waals surface area contributed by atoms with Crippen molar-refractivity contribution in [2.24, 2.45) is 0 Å². The summed E-state index contributed by atoms with van der Waals surface area (Å²) in [5.41, 5.74) is 1.54. The number of carbonyl (C=O) groups is 1. The Kier molecular flexibility index (Phi) is 6.77. The number of sulfonamides is 1. The van der Waals surface area contributed by atoms with Crippen molar-refractivity contribution >= 4 is 27.6 Å². The fourth-order valence-corrected chi connectivity index (χ4v) is 4.55. The highest BCUT2D eigenvalue weighted by molar-refractivity contribution is 7.89. The van der Waals surface area contributed by atoms with Gasteiger partial charge < -0.3 is 9.84 Å². The third-order valence-electron chi connectivity index (χ3n) is 4.50. The van der Waals surface area contributed by atoms with E-state index in [9.17, 15) is 13.2 Å². The fourth-order valence-electron chi connectivity index (χ4n) is 2.92. The summed E-state index contributed by atoms with van der Waals surface area (Å²) in [7, 11) is -2.34. The Morgan fingerprint density at radius 1 is 0.967 bits per heavy atom. The normalized spacial score (nSPS) is 11.4. The van der Waals surface area contributed by atoms with Gasteiger partial charge in [-0.2, -0.15) is 4.31 Å². The van der Waals surface area contributed by atoms with Crippen LogP contribution >= 0.6 is 11.6 Å². The van der Waals surface area contributed by atoms with Gasteiger partial charge >= 0.3 is 5.97 Å². The molecule has 6 nitrogen and oxygen atoms in total. The number of ether oxygens (including phenoxy) is 1. The molecular formula is C22H20ClNO5S. The average molecular weight is 446 g/mol. The lowest BCUT2D eigenvalue weighted by atomic mass is 10.2. The van der Waals surface area contributed by atoms with Gasteiger partial charge in [0.2, 0.25) is 10.0 Å². The summed E-state index contributed by atoms with van der Waals surface area (Å²) in [6.07, 6.45) is 0. The number of hydrogen-bond acceptors (Lipinski definition) is 4. The first-order valence-electron chi connectivity index (χ1n) is 9.00. The highest BCUT2D eigenvalue weighted by Gasteiger charge is 2.25. The summed E-state index contributed by atoms with van der Waals surface area (Å²) >= 11 is 6.06. The summed E-state index contributed by atoms with van der Waals surface area (Å²) in [5.74, 6) is -0.444. The molecule has 0 radical (unpaired) electrons. The molecule has 0 unspecified atom stereocenters. The Balaban J connectivity index is 1.96. The van der Waals surface area contributed by atoms with Crippen LogP contribution in [0.1, 0.15) is 21.5 Å². The van der Waals surface area contributed by atoms with Crippen LogP contribution < -0.4 is 4.74 Å². The maximum absolute atomic E-state index is 13.4. The molecule has 3 rings (SSSR count). The van der Waals surface area contributed by atoms with Crippen LogP contribution in [0, 0.1) is 0 Å². The van der Waals surface area contributed by atoms with Gasteiger partial charge in [-0.15, -0.1) is 0 Å². The van der Waals surface area contributed by atoms with Gasteiger partial charge in [-0.3, -0.25) is 0 Å². The Bertz CT molecular complexity index is 1130. The monoisotopic (exact) mass is 445 g/mol. The number of halogens is 1. The van der Waals surface area contributed by atoms with Crippen LogP contribution in [0.15, 0.2) is 77.7 Å². The van der Waals surface area contributed by atoms with Crippen LogP contribution in [-0.4, -0.2) is 30.9 Å². The van der Waals surface area contributed by atoms with Crippen molar-refractivity contribution in [2.45, 2.75) is 18.0 Å². The van der Waals surface area contributed by atoms with Gasteiger partial charge in [-0.1, -0.05) is 35.9 Å². The molecule has 8 heteroatoms. The Morgan fingerprint density at radius 3 is 2.17 bits per heavy atom. The maximum Gasteiger partial charge on any atom is 0.335 e. The van der Waals surface area contributed by atoms with E-state index < -0.39 is 16.0 Å². The first-order valence-corrected chi connectivity index (χ1v) is 10.8. The lowest BCUT2D eigenvalue weighted by molar-refractivity contribution is 0.0696. The lowest BCUT2D eigenvalue weighted by Gasteiger charge is -2.23. The Hall–Kier alpha value is -2.87. The molecule has 0 aliphatic heterocycles. The highest BCUT2D eigenvalue weighted by atomic mass is 35.5. The van der Waals surface area contributed by atoms with Gasteiger partial charge in [-0.05, 0) is 59.7 Å². The zero-order chi connectivity index (χ0) is 21.7. The smallest absolute Gasteiger partial charge is 0.335 e. The van der Waals surface area contributed by atoms with Crippen molar-refractivity contribution in [2.75, 3.05) is 7.11 Å². The molecule has 156 valence electrons. The van der Waals surface area contributed by atoms with Gasteiger partial charge in [0, 0.05) is 18.1 Å². The van der Waals surface area contributed by atoms with Gasteiger partial charge in [-0.25, -0.2) is 13.2 Å². The summed E-state index contributed by atoms with van der Waals surface area (Å²) in [4.78, 5) is 11.1. The van der Waals surface area contributed by atoms with Crippen molar-refractivity contribution in [3.8, 4) is 5.75 Å². The minimum absolute atomic E-state index is 0.0167. The first kappa shape index (κ1) is 21.8. The molecule has 3 aromatic rings. The van der Waals surface area contributed by atoms with Crippen molar-refractivity contribution in [1.29, 1.82) is 0 Å². The Labute approximate surface area is 180 Å². The molecule has 0 aliphatic carbocycles. The second-order valence-electron chi connectivity index (χ2n) is 6.58. The summed E-state index contributed by atoms with van der Waals surface area (Å²) in [5, 5.41) is 9.58. The molecule has 0 bridgehead atoms. The molecule has 0 atom stereocenters. The van der Waals surface area contributed by atoms with Crippen LogP contribution in [0.5, 0.6) is 5.75 Å². The number of carboxylic acid groups (broad SMARTS) is 1. The van der Waals surface area contributed by atoms with Gasteiger partial charge in [0.1, 0.15) is 5.75 Å². The van der Waals surface area contributed by atoms with E-state index in [2.05, 4.69) is 0 Å². The van der Waals surface area contributed by atoms with Crippen LogP contribution in [0.2, 0.25) is 5.02 Å². The second kappa shape index (κ2) is 9.30. The first-order chi connectivity index (χ1) is 14.3. The summed E-state index contributed by atoms with van der Waals surface area (Å²) < 4.78 is 33.2. The molecule has 1 N–H and O–H groups in total. The van der Waals surface area contributed by atoms with E-state index in [1.807, 2.05) is 0 Å². The largest absolute Gasteiger partial charge is 0.497 e. The van der Waals surface area contributed by atoms with Crippen LogP contribution in [0.25, 0.3) is 0 Å². The van der Waals surface area contributed by atoms with Crippen LogP contribution in [-0.2, 0) is 23.1 Å². The molecule has 0 aromatic heterocycles. The van der Waals surface area contributed by atoms with Crippen LogP contribution in [0.3, 0.4) is 0 Å². The predicted octanol–water partition coefficient (Wildman–Crippen LogP) is 4.44. The number of aromatic carboxylic acids is 1. The molecular weight excluding hydrogens is 426 g/mol. The minimum Gasteiger partial charge on any atom is -0.497 e. The zero-order valence-electron chi connectivity index (χ0n) is 16.2. The third kappa shape index (κ3) is 5.18. The number of nitrogens with zero attached hydrogens (tertiary/aromatic N) is 1. The van der Waals surface area contributed by atoms with Crippen molar-refractivity contribution < 1.29 is 23.1 Å². The number of rotatable bonds is 8. The number of hydrogen-bond donors (Lipinski definition) is 1. The number of carboxylic acids is 1. The van der Waals surface area contributed by atoms with Gasteiger partial charge in [0.05, 0.1) is 17.6 Å². The number of methoxy groups -OCH3 is 1. The van der Waals surface area contributed by atoms with E-state index in [4.69, 9.17) is 21.4 Å². The minimum atomic E-state index is -3.90. The SMILES string of the molecule is COc1ccc(CN(Cc2cccc(Cl)c2)S(=O)(=O)c2ccc(C(=O)O)cc2)cc1. The zero-order valence-corrected chi connectivity index (χ0v) is 17.7. The molecule has 0 aliphatic rings. The topological polar surface area (TPSA) is 83.9 Å². The second-order valence-corrected chi connectivity index (χ2v) is 8.95. The molecule has 0 saturated heterocycles. The number of benzene rings is 3. The van der Waals surface area contributed by atoms with Crippen molar-refractivity contribution in [3.63, 3.8) is 0 Å². The Morgan fingerprint density at radius 2 is 1.60 bits per heavy atom. The standard InChI is InChI=1S/C22H20ClNO5S/c1-29-20-9-5-16(6-10-20)14-24(15-17-3-2-4-19(23)13-17)30(27,28)21-11-7-18(8-12-21)22(25)26/h2-13H,14-15H2,1H3,(H,25,26). The van der Waals surface area contributed by atoms with Gasteiger partial charge in [0.25, 0.3) is 0 Å². The molecule has 0 saturated carbocycles. The fraction of sp³-hybridized carbons (Fsp3) is 0.136. The van der Waals surface area contributed by atoms with E-state index in [1.54, 1.807) is 55.6 Å². The average Bonchev–Trinajstić information content (AvgIpc) is 2.74. The molecule has 0 fully saturated rings. The molecule has 0 heterocycles. The molecule has 0 spiro atoms. The van der Waals surface area contributed by atoms with Crippen LogP contribution in [0.4, 0.5) is 0 Å². The summed E-state index contributed by atoms with van der Waals surface area (Å²) in [6, 6.07) is 19.3. The maximum atomic E-state index is 13.4. The summed E-state index contributed by atoms with van der Waals surface area (Å²) in [6.45, 7) is 0.231. The van der Waals surface area contributed by atoms with E-state index in [0.29, 0.717) is 10.8 Å². The third-order valence-corrected chi connectivity index (χ3v) is 6.55. The highest BCUT2D eigenvalue weighted by Crippen LogP contribution is 2.23. The van der Waals surface area contributed by atoms with E-state index >= 15 is 0 Å². The van der Waals surface area contributed by atoms with Crippen molar-refractivity contribution in [1.82, 2.24) is 4.31 Å². The van der Waals surface area contributed by atoms with E-state index in [0.717, 1.165) is 11.1 Å². The molecule has 3 aromatic carbocycles. The molecule has 30 heavy (non-hydrogen) atoms. The lowest BCUT2D eigenvalue weighted by Crippen LogP contribution is -2.30. The van der Waals surface area contributed by atoms with Crippen molar-refractivity contribution in [3.05, 3.63) is 94.5 Å². The van der Waals surface area contributed by atoms with Gasteiger partial charge in [0.15, 0.2) is 0 Å². The predicted molar refractivity (Wildman–Crippen MR) is 114 cm³/mol. The van der Waals surface area contributed by atoms with E-state index in [-0.39, 0.29) is 23.5 Å². The quantitative estimate of drug-likeness (QED) is 0.554. The van der Waals surface area contributed by atoms with E-state index in [1.165, 1.54) is 28.6 Å². The molecule has 0 amide bonds.